The molecule has 0 bridgehead atoms. The number of nitrogens with one attached hydrogen (secondary N) is 1. The molecule has 0 aliphatic rings. The number of hydrogen-bond acceptors (Lipinski definition) is 5. The van der Waals surface area contributed by atoms with Crippen molar-refractivity contribution in [2.45, 2.75) is 46.2 Å². The summed E-state index contributed by atoms with van der Waals surface area (Å²) in [5, 5.41) is 4.74. The van der Waals surface area contributed by atoms with E-state index in [1.165, 1.54) is 15.4 Å². The molecule has 3 nitrogen and oxygen atoms in total. The van der Waals surface area contributed by atoms with E-state index in [2.05, 4.69) is 38.0 Å². The van der Waals surface area contributed by atoms with Crippen LogP contribution in [-0.4, -0.2) is 16.0 Å². The van der Waals surface area contributed by atoms with Crippen LogP contribution in [0, 0.1) is 6.92 Å². The minimum Gasteiger partial charge on any atom is -0.301 e. The first-order valence-corrected chi connectivity index (χ1v) is 7.92. The van der Waals surface area contributed by atoms with Gasteiger partial charge in [-0.25, -0.2) is 4.98 Å². The zero-order chi connectivity index (χ0) is 13.1. The molecule has 5 heteroatoms. The normalized spacial score (nSPS) is 13.2. The van der Waals surface area contributed by atoms with Crippen molar-refractivity contribution in [3.63, 3.8) is 0 Å². The molecule has 2 aromatic rings. The van der Waals surface area contributed by atoms with Gasteiger partial charge in [0, 0.05) is 22.0 Å². The van der Waals surface area contributed by atoms with Crippen LogP contribution in [0.3, 0.4) is 0 Å². The van der Waals surface area contributed by atoms with Gasteiger partial charge < -0.3 is 5.32 Å². The topological polar surface area (TPSA) is 37.8 Å². The van der Waals surface area contributed by atoms with Crippen molar-refractivity contribution >= 4 is 22.7 Å². The SMILES string of the molecule is CCc1nc(C(NC(C)C)c2cncs2)sc1C. The van der Waals surface area contributed by atoms with E-state index in [9.17, 15) is 0 Å². The molecule has 0 radical (unpaired) electrons. The second kappa shape index (κ2) is 5.91. The van der Waals surface area contributed by atoms with Gasteiger partial charge in [0.1, 0.15) is 5.01 Å². The van der Waals surface area contributed by atoms with Gasteiger partial charge in [0.05, 0.1) is 17.2 Å². The Labute approximate surface area is 116 Å². The second-order valence-electron chi connectivity index (χ2n) is 4.57. The van der Waals surface area contributed by atoms with Crippen molar-refractivity contribution < 1.29 is 0 Å². The molecule has 0 aliphatic heterocycles. The van der Waals surface area contributed by atoms with Crippen LogP contribution in [0.1, 0.15) is 47.3 Å². The Morgan fingerprint density at radius 1 is 1.39 bits per heavy atom. The van der Waals surface area contributed by atoms with E-state index in [0.717, 1.165) is 11.4 Å². The summed E-state index contributed by atoms with van der Waals surface area (Å²) in [7, 11) is 0. The predicted molar refractivity (Wildman–Crippen MR) is 78.5 cm³/mol. The van der Waals surface area contributed by atoms with Gasteiger partial charge in [0.15, 0.2) is 0 Å². The molecule has 0 amide bonds. The van der Waals surface area contributed by atoms with Crippen molar-refractivity contribution in [3.05, 3.63) is 32.2 Å². The standard InChI is InChI=1S/C13H19N3S2/c1-5-10-9(4)18-13(16-10)12(15-8(2)3)11-6-14-7-17-11/h6-8,12,15H,5H2,1-4H3. The predicted octanol–water partition coefficient (Wildman–Crippen LogP) is 3.56. The third kappa shape index (κ3) is 2.96. The molecular weight excluding hydrogens is 262 g/mol. The van der Waals surface area contributed by atoms with Gasteiger partial charge in [-0.2, -0.15) is 0 Å². The highest BCUT2D eigenvalue weighted by atomic mass is 32.1. The van der Waals surface area contributed by atoms with Crippen LogP contribution >= 0.6 is 22.7 Å². The lowest BCUT2D eigenvalue weighted by Crippen LogP contribution is -2.28. The largest absolute Gasteiger partial charge is 0.301 e. The number of rotatable bonds is 5. The molecule has 0 spiro atoms. The summed E-state index contributed by atoms with van der Waals surface area (Å²) in [6.07, 6.45) is 2.94. The Morgan fingerprint density at radius 3 is 2.67 bits per heavy atom. The van der Waals surface area contributed by atoms with Gasteiger partial charge in [-0.3, -0.25) is 4.98 Å². The molecule has 18 heavy (non-hydrogen) atoms. The third-order valence-corrected chi connectivity index (χ3v) is 4.65. The van der Waals surface area contributed by atoms with Gasteiger partial charge in [-0.1, -0.05) is 6.92 Å². The average Bonchev–Trinajstić information content (AvgIpc) is 2.94. The first-order chi connectivity index (χ1) is 8.61. The van der Waals surface area contributed by atoms with Crippen LogP contribution in [0.2, 0.25) is 0 Å². The molecule has 0 saturated heterocycles. The Hall–Kier alpha value is -0.780. The van der Waals surface area contributed by atoms with E-state index < -0.39 is 0 Å². The maximum absolute atomic E-state index is 4.77. The number of thiazole rings is 2. The van der Waals surface area contributed by atoms with E-state index in [-0.39, 0.29) is 6.04 Å². The molecule has 98 valence electrons. The van der Waals surface area contributed by atoms with E-state index in [4.69, 9.17) is 4.98 Å². The minimum absolute atomic E-state index is 0.182. The van der Waals surface area contributed by atoms with Crippen LogP contribution in [0.25, 0.3) is 0 Å². The van der Waals surface area contributed by atoms with Crippen molar-refractivity contribution in [2.24, 2.45) is 0 Å². The molecule has 2 aromatic heterocycles. The summed E-state index contributed by atoms with van der Waals surface area (Å²) in [4.78, 5) is 11.5. The van der Waals surface area contributed by atoms with E-state index in [1.807, 2.05) is 11.7 Å². The van der Waals surface area contributed by atoms with Crippen LogP contribution < -0.4 is 5.32 Å². The number of aromatic nitrogens is 2. The maximum Gasteiger partial charge on any atom is 0.116 e. The summed E-state index contributed by atoms with van der Waals surface area (Å²) in [5.74, 6) is 0. The molecule has 2 heterocycles. The van der Waals surface area contributed by atoms with Gasteiger partial charge in [0.2, 0.25) is 0 Å². The van der Waals surface area contributed by atoms with Crippen LogP contribution in [0.15, 0.2) is 11.7 Å². The Kier molecular flexibility index (Phi) is 4.48. The Bertz CT molecular complexity index is 488. The molecule has 0 saturated carbocycles. The van der Waals surface area contributed by atoms with Crippen LogP contribution in [-0.2, 0) is 6.42 Å². The third-order valence-electron chi connectivity index (χ3n) is 2.73. The van der Waals surface area contributed by atoms with Gasteiger partial charge in [0.25, 0.3) is 0 Å². The summed E-state index contributed by atoms with van der Waals surface area (Å²) in [6.45, 7) is 8.63. The Balaban J connectivity index is 2.33. The summed E-state index contributed by atoms with van der Waals surface area (Å²) in [5.41, 5.74) is 3.10. The number of aryl methyl sites for hydroxylation is 2. The first-order valence-electron chi connectivity index (χ1n) is 6.22. The molecule has 0 fully saturated rings. The smallest absolute Gasteiger partial charge is 0.116 e. The molecule has 1 unspecified atom stereocenters. The van der Waals surface area contributed by atoms with Gasteiger partial charge in [-0.05, 0) is 27.2 Å². The highest BCUT2D eigenvalue weighted by molar-refractivity contribution is 7.12. The molecule has 1 atom stereocenters. The summed E-state index contributed by atoms with van der Waals surface area (Å²) >= 11 is 3.48. The van der Waals surface area contributed by atoms with Crippen LogP contribution in [0.4, 0.5) is 0 Å². The lowest BCUT2D eigenvalue weighted by atomic mass is 10.2. The van der Waals surface area contributed by atoms with Gasteiger partial charge in [-0.15, -0.1) is 22.7 Å². The average molecular weight is 281 g/mol. The van der Waals surface area contributed by atoms with E-state index in [0.29, 0.717) is 6.04 Å². The molecular formula is C13H19N3S2. The zero-order valence-electron chi connectivity index (χ0n) is 11.2. The zero-order valence-corrected chi connectivity index (χ0v) is 12.9. The quantitative estimate of drug-likeness (QED) is 0.910. The highest BCUT2D eigenvalue weighted by Crippen LogP contribution is 2.30. The van der Waals surface area contributed by atoms with Crippen molar-refractivity contribution in [2.75, 3.05) is 0 Å². The van der Waals surface area contributed by atoms with Crippen molar-refractivity contribution in [1.29, 1.82) is 0 Å². The fourth-order valence-electron chi connectivity index (χ4n) is 1.88. The fraction of sp³-hybridized carbons (Fsp3) is 0.538. The van der Waals surface area contributed by atoms with Crippen LogP contribution in [0.5, 0.6) is 0 Å². The number of nitrogens with zero attached hydrogens (tertiary/aromatic N) is 2. The maximum atomic E-state index is 4.77. The number of hydrogen-bond donors (Lipinski definition) is 1. The molecule has 0 aromatic carbocycles. The van der Waals surface area contributed by atoms with Crippen molar-refractivity contribution in [1.82, 2.24) is 15.3 Å². The summed E-state index contributed by atoms with van der Waals surface area (Å²) in [6, 6.07) is 0.605. The molecule has 2 rings (SSSR count). The molecule has 1 N–H and O–H groups in total. The lowest BCUT2D eigenvalue weighted by molar-refractivity contribution is 0.531. The lowest BCUT2D eigenvalue weighted by Gasteiger charge is -2.17. The fourth-order valence-corrected chi connectivity index (χ4v) is 3.72. The monoisotopic (exact) mass is 281 g/mol. The van der Waals surface area contributed by atoms with E-state index >= 15 is 0 Å². The van der Waals surface area contributed by atoms with E-state index in [1.54, 1.807) is 22.7 Å². The molecule has 0 aliphatic carbocycles. The Morgan fingerprint density at radius 2 is 2.17 bits per heavy atom. The minimum atomic E-state index is 0.182. The second-order valence-corrected chi connectivity index (χ2v) is 6.72. The first kappa shape index (κ1) is 13.6. The van der Waals surface area contributed by atoms with Gasteiger partial charge >= 0.3 is 0 Å². The van der Waals surface area contributed by atoms with Crippen molar-refractivity contribution in [3.8, 4) is 0 Å². The highest BCUT2D eigenvalue weighted by Gasteiger charge is 2.21. The summed E-state index contributed by atoms with van der Waals surface area (Å²) < 4.78 is 0.